The molecule has 1 saturated heterocycles. The molecule has 2 amide bonds. The van der Waals surface area contributed by atoms with Crippen LogP contribution in [-0.4, -0.2) is 65.8 Å². The highest BCUT2D eigenvalue weighted by Crippen LogP contribution is 2.56. The molecule has 1 aromatic heterocycles. The number of benzene rings is 1. The van der Waals surface area contributed by atoms with Gasteiger partial charge in [0.05, 0.1) is 16.5 Å². The largest absolute Gasteiger partial charge is 0.354 e. The lowest BCUT2D eigenvalue weighted by molar-refractivity contribution is -0.142. The summed E-state index contributed by atoms with van der Waals surface area (Å²) in [6.07, 6.45) is 9.36. The summed E-state index contributed by atoms with van der Waals surface area (Å²) in [6.45, 7) is 6.90. The molecule has 2 bridgehead atoms. The van der Waals surface area contributed by atoms with Crippen molar-refractivity contribution in [2.75, 3.05) is 44.7 Å². The van der Waals surface area contributed by atoms with Gasteiger partial charge in [0, 0.05) is 38.1 Å². The molecule has 1 aliphatic heterocycles. The second kappa shape index (κ2) is 10.6. The Morgan fingerprint density at radius 2 is 1.65 bits per heavy atom. The Morgan fingerprint density at radius 3 is 2.38 bits per heavy atom. The highest BCUT2D eigenvalue weighted by molar-refractivity contribution is 7.13. The second-order valence-corrected chi connectivity index (χ2v) is 13.0. The first-order valence-corrected chi connectivity index (χ1v) is 15.5. The molecule has 5 unspecified atom stereocenters. The first kappa shape index (κ1) is 25.3. The fourth-order valence-corrected chi connectivity index (χ4v) is 8.92. The van der Waals surface area contributed by atoms with Crippen LogP contribution in [0.25, 0.3) is 10.1 Å². The van der Waals surface area contributed by atoms with E-state index in [4.69, 9.17) is 4.37 Å². The lowest BCUT2D eigenvalue weighted by Gasteiger charge is -2.37. The van der Waals surface area contributed by atoms with Crippen LogP contribution in [0.4, 0.5) is 5.82 Å². The Hall–Kier alpha value is -1.99. The molecule has 0 N–H and O–H groups in total. The molecule has 2 aromatic rings. The van der Waals surface area contributed by atoms with Gasteiger partial charge in [-0.1, -0.05) is 31.9 Å². The summed E-state index contributed by atoms with van der Waals surface area (Å²) < 4.78 is 6.06. The first-order chi connectivity index (χ1) is 18.0. The Kier molecular flexibility index (Phi) is 7.28. The summed E-state index contributed by atoms with van der Waals surface area (Å²) in [7, 11) is 2.24. The molecule has 7 heteroatoms. The van der Waals surface area contributed by atoms with Gasteiger partial charge in [-0.3, -0.25) is 14.5 Å². The smallest absolute Gasteiger partial charge is 0.233 e. The minimum Gasteiger partial charge on any atom is -0.354 e. The first-order valence-electron chi connectivity index (χ1n) is 14.7. The quantitative estimate of drug-likeness (QED) is 0.397. The number of aromatic nitrogens is 1. The molecule has 6 atom stereocenters. The SMILES string of the molecule is CCCN(CCN(C)C[C@@H]1CCCCC1CN1C(=O)C2C3CCC(C3)C2C1=O)c1nsc2ccccc12. The van der Waals surface area contributed by atoms with Crippen molar-refractivity contribution in [1.82, 2.24) is 14.2 Å². The van der Waals surface area contributed by atoms with E-state index in [0.29, 0.717) is 30.2 Å². The van der Waals surface area contributed by atoms with Crippen LogP contribution >= 0.6 is 11.5 Å². The molecule has 4 aliphatic rings. The highest BCUT2D eigenvalue weighted by atomic mass is 32.1. The van der Waals surface area contributed by atoms with Gasteiger partial charge in [0.1, 0.15) is 5.82 Å². The Labute approximate surface area is 225 Å². The number of carbonyl (C=O) groups is 2. The predicted octanol–water partition coefficient (Wildman–Crippen LogP) is 5.28. The predicted molar refractivity (Wildman–Crippen MR) is 150 cm³/mol. The fraction of sp³-hybridized carbons (Fsp3) is 0.700. The molecule has 0 spiro atoms. The van der Waals surface area contributed by atoms with Gasteiger partial charge >= 0.3 is 0 Å². The van der Waals surface area contributed by atoms with E-state index >= 15 is 0 Å². The van der Waals surface area contributed by atoms with Crippen molar-refractivity contribution in [1.29, 1.82) is 0 Å². The maximum atomic E-state index is 13.3. The van der Waals surface area contributed by atoms with Gasteiger partial charge in [-0.15, -0.1) is 0 Å². The van der Waals surface area contributed by atoms with E-state index in [0.717, 1.165) is 64.1 Å². The molecule has 3 saturated carbocycles. The number of likely N-dealkylation sites (tertiary alicyclic amines) is 1. The molecular weight excluding hydrogens is 480 g/mol. The van der Waals surface area contributed by atoms with Crippen molar-refractivity contribution in [3.8, 4) is 0 Å². The van der Waals surface area contributed by atoms with E-state index in [9.17, 15) is 9.59 Å². The molecule has 37 heavy (non-hydrogen) atoms. The number of rotatable bonds is 10. The molecule has 6 nitrogen and oxygen atoms in total. The van der Waals surface area contributed by atoms with Crippen LogP contribution in [0.2, 0.25) is 0 Å². The Morgan fingerprint density at radius 1 is 0.946 bits per heavy atom. The van der Waals surface area contributed by atoms with Gasteiger partial charge in [-0.2, -0.15) is 4.37 Å². The van der Waals surface area contributed by atoms with Crippen molar-refractivity contribution in [3.05, 3.63) is 24.3 Å². The van der Waals surface area contributed by atoms with Crippen LogP contribution < -0.4 is 4.90 Å². The monoisotopic (exact) mass is 522 g/mol. The maximum Gasteiger partial charge on any atom is 0.233 e. The third kappa shape index (κ3) is 4.71. The number of nitrogens with zero attached hydrogens (tertiary/aromatic N) is 4. The van der Waals surface area contributed by atoms with Gasteiger partial charge in [0.15, 0.2) is 0 Å². The summed E-state index contributed by atoms with van der Waals surface area (Å²) in [5, 5.41) is 1.26. The van der Waals surface area contributed by atoms with Crippen LogP contribution in [0.15, 0.2) is 24.3 Å². The number of anilines is 1. The van der Waals surface area contributed by atoms with Crippen molar-refractivity contribution < 1.29 is 9.59 Å². The van der Waals surface area contributed by atoms with Crippen LogP contribution in [0.3, 0.4) is 0 Å². The molecular formula is C30H42N4O2S. The number of hydrogen-bond acceptors (Lipinski definition) is 6. The molecule has 6 rings (SSSR count). The number of hydrogen-bond donors (Lipinski definition) is 0. The summed E-state index contributed by atoms with van der Waals surface area (Å²) in [5.74, 6) is 3.44. The zero-order valence-corrected chi connectivity index (χ0v) is 23.3. The number of amides is 2. The zero-order valence-electron chi connectivity index (χ0n) is 22.5. The van der Waals surface area contributed by atoms with Gasteiger partial charge in [-0.05, 0) is 92.9 Å². The van der Waals surface area contributed by atoms with Crippen molar-refractivity contribution >= 4 is 39.3 Å². The number of carbonyl (C=O) groups excluding carboxylic acids is 2. The normalized spacial score (nSPS) is 31.2. The summed E-state index contributed by atoms with van der Waals surface area (Å²) in [5.41, 5.74) is 0. The minimum atomic E-state index is 0.0160. The average Bonchev–Trinajstić information content (AvgIpc) is 3.68. The Balaban J connectivity index is 1.07. The zero-order chi connectivity index (χ0) is 25.5. The van der Waals surface area contributed by atoms with Crippen molar-refractivity contribution in [2.24, 2.45) is 35.5 Å². The number of fused-ring (bicyclic) bond motifs is 6. The van der Waals surface area contributed by atoms with E-state index < -0.39 is 0 Å². The van der Waals surface area contributed by atoms with Crippen LogP contribution in [0, 0.1) is 35.5 Å². The van der Waals surface area contributed by atoms with Gasteiger partial charge in [0.2, 0.25) is 11.8 Å². The van der Waals surface area contributed by atoms with E-state index in [1.165, 1.54) is 29.3 Å². The minimum absolute atomic E-state index is 0.0160. The highest BCUT2D eigenvalue weighted by Gasteiger charge is 2.61. The van der Waals surface area contributed by atoms with Crippen LogP contribution in [0.5, 0.6) is 0 Å². The third-order valence-corrected chi connectivity index (χ3v) is 10.8. The second-order valence-electron chi connectivity index (χ2n) is 12.2. The fourth-order valence-electron chi connectivity index (χ4n) is 8.13. The third-order valence-electron chi connectivity index (χ3n) is 9.95. The molecule has 4 fully saturated rings. The lowest BCUT2D eigenvalue weighted by Crippen LogP contribution is -2.43. The average molecular weight is 523 g/mol. The summed E-state index contributed by atoms with van der Waals surface area (Å²) >= 11 is 1.59. The Bertz CT molecular complexity index is 1110. The van der Waals surface area contributed by atoms with E-state index in [2.05, 4.69) is 48.0 Å². The van der Waals surface area contributed by atoms with E-state index in [1.807, 2.05) is 0 Å². The standard InChI is InChI=1S/C30H42N4O2S/c1-3-14-33(28-24-10-6-7-11-25(24)37-31-28)16-15-32(2)18-22-8-4-5-9-23(22)19-34-29(35)26-20-12-13-21(17-20)27(26)30(34)36/h6-7,10-11,20-23,26-27H,3-5,8-9,12-19H2,1-2H3/t20?,21?,22-,23?,26?,27?/m0/s1. The van der Waals surface area contributed by atoms with Gasteiger partial charge in [0.25, 0.3) is 0 Å². The summed E-state index contributed by atoms with van der Waals surface area (Å²) in [6, 6.07) is 8.54. The van der Waals surface area contributed by atoms with Gasteiger partial charge < -0.3 is 9.80 Å². The lowest BCUT2D eigenvalue weighted by atomic mass is 9.78. The molecule has 200 valence electrons. The molecule has 1 aromatic carbocycles. The van der Waals surface area contributed by atoms with E-state index in [1.54, 1.807) is 16.4 Å². The number of likely N-dealkylation sites (N-methyl/N-ethyl adjacent to an activating group) is 1. The van der Waals surface area contributed by atoms with Crippen molar-refractivity contribution in [3.63, 3.8) is 0 Å². The topological polar surface area (TPSA) is 56.8 Å². The molecule has 2 heterocycles. The summed E-state index contributed by atoms with van der Waals surface area (Å²) in [4.78, 5) is 33.3. The van der Waals surface area contributed by atoms with Crippen LogP contribution in [-0.2, 0) is 9.59 Å². The maximum absolute atomic E-state index is 13.3. The van der Waals surface area contributed by atoms with Crippen molar-refractivity contribution in [2.45, 2.75) is 58.3 Å². The molecule has 3 aliphatic carbocycles. The molecule has 0 radical (unpaired) electrons. The van der Waals surface area contributed by atoms with E-state index in [-0.39, 0.29) is 23.7 Å². The van der Waals surface area contributed by atoms with Gasteiger partial charge in [-0.25, -0.2) is 0 Å². The van der Waals surface area contributed by atoms with Crippen LogP contribution in [0.1, 0.15) is 58.3 Å². The number of imide groups is 1.